The van der Waals surface area contributed by atoms with Crippen LogP contribution < -0.4 is 25.4 Å². The molecule has 4 aromatic rings. The number of aryl methyl sites for hydroxylation is 1. The minimum absolute atomic E-state index is 0.330. The number of nitrogens with two attached hydrogens (primary N) is 1. The van der Waals surface area contributed by atoms with E-state index in [9.17, 15) is 13.2 Å². The number of fused-ring (bicyclic) bond motifs is 1. The Bertz CT molecular complexity index is 1510. The average Bonchev–Trinajstić information content (AvgIpc) is 2.90. The summed E-state index contributed by atoms with van der Waals surface area (Å²) in [7, 11) is 1.73. The molecular formula is C27H23F3N6O2. The minimum atomic E-state index is -4.79. The van der Waals surface area contributed by atoms with Crippen LogP contribution in [0.25, 0.3) is 17.3 Å². The third kappa shape index (κ3) is 5.09. The zero-order valence-electron chi connectivity index (χ0n) is 20.4. The fourth-order valence-corrected chi connectivity index (χ4v) is 4.17. The third-order valence-electron chi connectivity index (χ3n) is 5.92. The molecular weight excluding hydrogens is 497 g/mol. The second kappa shape index (κ2) is 10.0. The number of nitrogens with zero attached hydrogens (tertiary/aromatic N) is 4. The lowest BCUT2D eigenvalue weighted by molar-refractivity contribution is -0.274. The summed E-state index contributed by atoms with van der Waals surface area (Å²) >= 11 is 0. The second-order valence-electron chi connectivity index (χ2n) is 8.40. The summed E-state index contributed by atoms with van der Waals surface area (Å²) in [5.74, 6) is 1.05. The highest BCUT2D eigenvalue weighted by molar-refractivity contribution is 5.73. The van der Waals surface area contributed by atoms with Gasteiger partial charge in [-0.15, -0.1) is 13.2 Å². The van der Waals surface area contributed by atoms with Crippen molar-refractivity contribution in [1.29, 1.82) is 0 Å². The molecule has 0 amide bonds. The molecule has 0 saturated carbocycles. The molecule has 0 radical (unpaired) electrons. The Labute approximate surface area is 216 Å². The fraction of sp³-hybridized carbons (Fsp3) is 0.148. The maximum Gasteiger partial charge on any atom is 0.573 e. The van der Waals surface area contributed by atoms with Crippen molar-refractivity contribution in [1.82, 2.24) is 15.0 Å². The molecule has 3 N–H and O–H groups in total. The zero-order valence-corrected chi connectivity index (χ0v) is 20.4. The van der Waals surface area contributed by atoms with E-state index in [-0.39, 0.29) is 5.75 Å². The maximum absolute atomic E-state index is 12.7. The summed E-state index contributed by atoms with van der Waals surface area (Å²) < 4.78 is 48.6. The number of rotatable bonds is 6. The average molecular weight is 521 g/mol. The minimum Gasteiger partial charge on any atom is -0.437 e. The maximum atomic E-state index is 12.7. The second-order valence-corrected chi connectivity index (χ2v) is 8.40. The van der Waals surface area contributed by atoms with Crippen LogP contribution in [0.2, 0.25) is 0 Å². The van der Waals surface area contributed by atoms with Crippen LogP contribution in [0.4, 0.5) is 24.8 Å². The molecule has 11 heteroatoms. The van der Waals surface area contributed by atoms with E-state index >= 15 is 0 Å². The van der Waals surface area contributed by atoms with Gasteiger partial charge in [0.25, 0.3) is 0 Å². The zero-order chi connectivity index (χ0) is 26.9. The number of ether oxygens (including phenoxy) is 2. The predicted octanol–water partition coefficient (Wildman–Crippen LogP) is 6.03. The number of hydrogen-bond acceptors (Lipinski definition) is 8. The first kappa shape index (κ1) is 25.0. The van der Waals surface area contributed by atoms with E-state index in [2.05, 4.69) is 25.0 Å². The highest BCUT2D eigenvalue weighted by atomic mass is 19.4. The summed E-state index contributed by atoms with van der Waals surface area (Å²) in [5.41, 5.74) is 10.7. The van der Waals surface area contributed by atoms with Crippen molar-refractivity contribution in [3.05, 3.63) is 89.9 Å². The highest BCUT2D eigenvalue weighted by Crippen LogP contribution is 2.41. The SMILES string of the molecule is CNc1nccc(-c2cccnc2Oc2c(C)ccc3c2C=CN(c2cccc(OC(F)(F)F)c2)C3N)n1. The first-order valence-electron chi connectivity index (χ1n) is 11.6. The number of pyridine rings is 1. The predicted molar refractivity (Wildman–Crippen MR) is 138 cm³/mol. The smallest absolute Gasteiger partial charge is 0.437 e. The van der Waals surface area contributed by atoms with Crippen LogP contribution >= 0.6 is 0 Å². The molecule has 0 fully saturated rings. The molecule has 2 aromatic heterocycles. The quantitative estimate of drug-likeness (QED) is 0.318. The van der Waals surface area contributed by atoms with Crippen molar-refractivity contribution in [2.75, 3.05) is 17.3 Å². The van der Waals surface area contributed by atoms with Crippen molar-refractivity contribution in [2.45, 2.75) is 19.5 Å². The van der Waals surface area contributed by atoms with Gasteiger partial charge in [-0.25, -0.2) is 15.0 Å². The number of alkyl halides is 3. The van der Waals surface area contributed by atoms with Gasteiger partial charge < -0.3 is 25.4 Å². The summed E-state index contributed by atoms with van der Waals surface area (Å²) in [5, 5.41) is 2.92. The largest absolute Gasteiger partial charge is 0.573 e. The van der Waals surface area contributed by atoms with Crippen LogP contribution in [-0.4, -0.2) is 28.4 Å². The molecule has 2 aromatic carbocycles. The number of benzene rings is 2. The van der Waals surface area contributed by atoms with Crippen molar-refractivity contribution in [3.8, 4) is 28.6 Å². The molecule has 1 unspecified atom stereocenters. The van der Waals surface area contributed by atoms with Crippen LogP contribution in [0.5, 0.6) is 17.4 Å². The Balaban J connectivity index is 1.49. The third-order valence-corrected chi connectivity index (χ3v) is 5.92. The lowest BCUT2D eigenvalue weighted by atomic mass is 9.97. The topological polar surface area (TPSA) is 98.4 Å². The molecule has 1 aliphatic rings. The molecule has 1 atom stereocenters. The number of halogens is 3. The van der Waals surface area contributed by atoms with Crippen LogP contribution in [0.1, 0.15) is 22.9 Å². The van der Waals surface area contributed by atoms with E-state index in [1.54, 1.807) is 48.7 Å². The Morgan fingerprint density at radius 1 is 1.03 bits per heavy atom. The Hall–Kier alpha value is -4.64. The van der Waals surface area contributed by atoms with Gasteiger partial charge in [0, 0.05) is 48.5 Å². The Morgan fingerprint density at radius 2 is 1.87 bits per heavy atom. The molecule has 5 rings (SSSR count). The first-order chi connectivity index (χ1) is 18.2. The van der Waals surface area contributed by atoms with Gasteiger partial charge in [0.2, 0.25) is 11.8 Å². The summed E-state index contributed by atoms with van der Waals surface area (Å²) in [6.45, 7) is 1.91. The number of aromatic nitrogens is 3. The van der Waals surface area contributed by atoms with Gasteiger partial charge in [-0.3, -0.25) is 0 Å². The van der Waals surface area contributed by atoms with E-state index in [1.165, 1.54) is 18.2 Å². The van der Waals surface area contributed by atoms with Crippen molar-refractivity contribution in [3.63, 3.8) is 0 Å². The van der Waals surface area contributed by atoms with Gasteiger partial charge in [-0.1, -0.05) is 18.2 Å². The molecule has 0 spiro atoms. The summed E-state index contributed by atoms with van der Waals surface area (Å²) in [4.78, 5) is 14.8. The van der Waals surface area contributed by atoms with Crippen molar-refractivity contribution < 1.29 is 22.6 Å². The van der Waals surface area contributed by atoms with Crippen LogP contribution in [0, 0.1) is 6.92 Å². The summed E-state index contributed by atoms with van der Waals surface area (Å²) in [6.07, 6.45) is 1.30. The molecule has 194 valence electrons. The molecule has 0 bridgehead atoms. The van der Waals surface area contributed by atoms with E-state index in [0.717, 1.165) is 16.7 Å². The fourth-order valence-electron chi connectivity index (χ4n) is 4.17. The monoisotopic (exact) mass is 520 g/mol. The molecule has 38 heavy (non-hydrogen) atoms. The lowest BCUT2D eigenvalue weighted by Gasteiger charge is -2.33. The van der Waals surface area contributed by atoms with Gasteiger partial charge >= 0.3 is 6.36 Å². The van der Waals surface area contributed by atoms with Gasteiger partial charge in [0.15, 0.2) is 0 Å². The van der Waals surface area contributed by atoms with Gasteiger partial charge in [0.1, 0.15) is 17.7 Å². The number of nitrogens with one attached hydrogen (secondary N) is 1. The van der Waals surface area contributed by atoms with Crippen LogP contribution in [0.15, 0.2) is 73.2 Å². The Kier molecular flexibility index (Phi) is 6.60. The lowest BCUT2D eigenvalue weighted by Crippen LogP contribution is -2.33. The Morgan fingerprint density at radius 3 is 2.66 bits per heavy atom. The molecule has 3 heterocycles. The molecule has 0 aliphatic carbocycles. The van der Waals surface area contributed by atoms with Crippen molar-refractivity contribution >= 4 is 17.7 Å². The van der Waals surface area contributed by atoms with Gasteiger partial charge in [-0.05, 0) is 48.9 Å². The number of anilines is 2. The van der Waals surface area contributed by atoms with E-state index < -0.39 is 12.5 Å². The van der Waals surface area contributed by atoms with Crippen LogP contribution in [0.3, 0.4) is 0 Å². The normalized spacial score (nSPS) is 14.7. The van der Waals surface area contributed by atoms with Gasteiger partial charge in [-0.2, -0.15) is 0 Å². The van der Waals surface area contributed by atoms with Crippen molar-refractivity contribution in [2.24, 2.45) is 5.73 Å². The number of hydrogen-bond donors (Lipinski definition) is 2. The molecule has 0 saturated heterocycles. The summed E-state index contributed by atoms with van der Waals surface area (Å²) in [6, 6.07) is 14.8. The van der Waals surface area contributed by atoms with Crippen LogP contribution in [-0.2, 0) is 0 Å². The molecule has 8 nitrogen and oxygen atoms in total. The van der Waals surface area contributed by atoms with E-state index in [0.29, 0.717) is 34.5 Å². The molecule has 1 aliphatic heterocycles. The van der Waals surface area contributed by atoms with E-state index in [4.69, 9.17) is 10.5 Å². The highest BCUT2D eigenvalue weighted by Gasteiger charge is 2.32. The standard InChI is InChI=1S/C27H23F3N6O2/c1-16-8-9-20-19(11-14-36(24(20)31)17-5-3-6-18(15-17)38-27(28,29)30)23(16)37-25-21(7-4-12-33-25)22-10-13-34-26(32-2)35-22/h3-15,24H,31H2,1-2H3,(H,32,34,35). The van der Waals surface area contributed by atoms with Gasteiger partial charge in [0.05, 0.1) is 11.3 Å². The first-order valence-corrected chi connectivity index (χ1v) is 11.6. The van der Waals surface area contributed by atoms with E-state index in [1.807, 2.05) is 31.2 Å².